The number of para-hydroxylation sites is 1. The molecule has 42 heavy (non-hydrogen) atoms. The van der Waals surface area contributed by atoms with Crippen LogP contribution in [-0.2, 0) is 21.4 Å². The van der Waals surface area contributed by atoms with Crippen molar-refractivity contribution in [2.75, 3.05) is 10.2 Å². The number of Topliss-reactive ketones (excluding diaryl/α,β-unsaturated/α-hetero) is 2. The third-order valence-electron chi connectivity index (χ3n) is 9.39. The predicted molar refractivity (Wildman–Crippen MR) is 169 cm³/mol. The normalized spacial score (nSPS) is 23.9. The minimum Gasteiger partial charge on any atom is -0.352 e. The second-order valence-electron chi connectivity index (χ2n) is 13.2. The van der Waals surface area contributed by atoms with Gasteiger partial charge in [0.05, 0.1) is 12.0 Å². The molecule has 1 amide bonds. The van der Waals surface area contributed by atoms with Gasteiger partial charge < -0.3 is 10.2 Å². The summed E-state index contributed by atoms with van der Waals surface area (Å²) in [6.07, 6.45) is 8.49. The van der Waals surface area contributed by atoms with E-state index >= 15 is 0 Å². The zero-order chi connectivity index (χ0) is 29.8. The number of amides is 1. The van der Waals surface area contributed by atoms with Crippen molar-refractivity contribution >= 4 is 34.9 Å². The number of benzene rings is 3. The van der Waals surface area contributed by atoms with Crippen LogP contribution in [0.4, 0.5) is 11.4 Å². The van der Waals surface area contributed by atoms with Crippen LogP contribution in [0, 0.1) is 18.3 Å². The van der Waals surface area contributed by atoms with Crippen LogP contribution in [0.2, 0.25) is 0 Å². The van der Waals surface area contributed by atoms with Gasteiger partial charge in [-0.25, -0.2) is 0 Å². The number of hydrogen-bond donors (Lipinski definition) is 1. The number of nitrogens with zero attached hydrogens (tertiary/aromatic N) is 1. The smallest absolute Gasteiger partial charge is 0.238 e. The Kier molecular flexibility index (Phi) is 6.95. The molecule has 0 bridgehead atoms. The van der Waals surface area contributed by atoms with E-state index in [-0.39, 0.29) is 17.5 Å². The van der Waals surface area contributed by atoms with Crippen LogP contribution >= 0.6 is 0 Å². The van der Waals surface area contributed by atoms with Crippen molar-refractivity contribution in [3.63, 3.8) is 0 Å². The molecule has 1 saturated heterocycles. The molecule has 3 heterocycles. The number of fused-ring (bicyclic) bond motifs is 6. The zero-order valence-corrected chi connectivity index (χ0v) is 25.2. The topological polar surface area (TPSA) is 66.5 Å². The first kappa shape index (κ1) is 28.1. The molecule has 0 unspecified atom stereocenters. The van der Waals surface area contributed by atoms with E-state index in [1.807, 2.05) is 94.4 Å². The number of unbranched alkanes of at least 4 members (excludes halogenated alkanes) is 2. The quantitative estimate of drug-likeness (QED) is 0.243. The van der Waals surface area contributed by atoms with Crippen LogP contribution in [0.25, 0.3) is 6.08 Å². The lowest BCUT2D eigenvalue weighted by Gasteiger charge is -2.38. The molecule has 0 radical (unpaired) electrons. The van der Waals surface area contributed by atoms with Crippen molar-refractivity contribution in [3.05, 3.63) is 101 Å². The molecular formula is C37H40N2O3. The Labute approximate surface area is 249 Å². The number of anilines is 2. The van der Waals surface area contributed by atoms with E-state index in [9.17, 15) is 14.4 Å². The van der Waals surface area contributed by atoms with Gasteiger partial charge in [-0.05, 0) is 54.7 Å². The predicted octanol–water partition coefficient (Wildman–Crippen LogP) is 7.32. The second-order valence-corrected chi connectivity index (χ2v) is 13.2. The highest BCUT2D eigenvalue weighted by Crippen LogP contribution is 2.58. The molecule has 1 N–H and O–H groups in total. The molecule has 0 aliphatic carbocycles. The largest absolute Gasteiger partial charge is 0.352 e. The maximum absolute atomic E-state index is 14.9. The van der Waals surface area contributed by atoms with Gasteiger partial charge in [-0.1, -0.05) is 107 Å². The van der Waals surface area contributed by atoms with Crippen molar-refractivity contribution in [1.82, 2.24) is 0 Å². The van der Waals surface area contributed by atoms with E-state index < -0.39 is 28.8 Å². The van der Waals surface area contributed by atoms with Crippen LogP contribution in [0.3, 0.4) is 0 Å². The SMILES string of the molecule is CCCCCc1ccc(C(=O)[C@H]2[C@H](C(=O)C(C)(C)C)N3c4ccc(C)cc4C=C[C@@H]3[C@]23C(=O)Nc2ccccc23)cc1. The summed E-state index contributed by atoms with van der Waals surface area (Å²) in [5.74, 6) is -1.35. The summed E-state index contributed by atoms with van der Waals surface area (Å²) in [4.78, 5) is 46.0. The molecule has 6 rings (SSSR count). The van der Waals surface area contributed by atoms with Gasteiger partial charge in [0.1, 0.15) is 11.5 Å². The lowest BCUT2D eigenvalue weighted by atomic mass is 9.63. The number of carbonyl (C=O) groups is 3. The molecule has 216 valence electrons. The van der Waals surface area contributed by atoms with E-state index in [0.717, 1.165) is 41.6 Å². The summed E-state index contributed by atoms with van der Waals surface area (Å²) in [6, 6.07) is 20.3. The van der Waals surface area contributed by atoms with Crippen molar-refractivity contribution in [3.8, 4) is 0 Å². The highest BCUT2D eigenvalue weighted by molar-refractivity contribution is 6.17. The van der Waals surface area contributed by atoms with Gasteiger partial charge in [-0.3, -0.25) is 14.4 Å². The van der Waals surface area contributed by atoms with Gasteiger partial charge in [-0.15, -0.1) is 0 Å². The number of hydrogen-bond acceptors (Lipinski definition) is 4. The zero-order valence-electron chi connectivity index (χ0n) is 25.2. The van der Waals surface area contributed by atoms with Crippen molar-refractivity contribution in [2.45, 2.75) is 77.8 Å². The highest BCUT2D eigenvalue weighted by atomic mass is 16.2. The van der Waals surface area contributed by atoms with Crippen molar-refractivity contribution < 1.29 is 14.4 Å². The molecule has 5 heteroatoms. The molecule has 0 saturated carbocycles. The fourth-order valence-corrected chi connectivity index (χ4v) is 7.34. The van der Waals surface area contributed by atoms with Gasteiger partial charge in [0.15, 0.2) is 11.6 Å². The standard InChI is InChI=1S/C37H40N2O3/c1-6-7-8-11-24-15-17-25(18-16-24)33(40)31-32(34(41)36(3,4)5)39-29-20-14-23(2)22-26(29)19-21-30(39)37(31)27-12-9-10-13-28(27)38-35(37)42/h9-10,12-22,30-32H,6-8,11H2,1-5H3,(H,38,42)/t30-,31-,32-,37+/m1/s1. The average molecular weight is 561 g/mol. The molecule has 3 aliphatic heterocycles. The molecule has 3 aromatic rings. The molecule has 0 aromatic heterocycles. The lowest BCUT2D eigenvalue weighted by molar-refractivity contribution is -0.128. The highest BCUT2D eigenvalue weighted by Gasteiger charge is 2.70. The first-order valence-electron chi connectivity index (χ1n) is 15.2. The van der Waals surface area contributed by atoms with Gasteiger partial charge in [0.25, 0.3) is 0 Å². The number of carbonyl (C=O) groups excluding carboxylic acids is 3. The summed E-state index contributed by atoms with van der Waals surface area (Å²) < 4.78 is 0. The summed E-state index contributed by atoms with van der Waals surface area (Å²) in [7, 11) is 0. The Morgan fingerprint density at radius 1 is 0.976 bits per heavy atom. The fourth-order valence-electron chi connectivity index (χ4n) is 7.34. The Morgan fingerprint density at radius 2 is 1.71 bits per heavy atom. The van der Waals surface area contributed by atoms with E-state index in [4.69, 9.17) is 0 Å². The van der Waals surface area contributed by atoms with E-state index in [1.54, 1.807) is 0 Å². The molecular weight excluding hydrogens is 520 g/mol. The summed E-state index contributed by atoms with van der Waals surface area (Å²) in [6.45, 7) is 9.94. The third kappa shape index (κ3) is 4.24. The Bertz CT molecular complexity index is 1600. The Balaban J connectivity index is 1.57. The lowest BCUT2D eigenvalue weighted by Crippen LogP contribution is -2.51. The maximum Gasteiger partial charge on any atom is 0.238 e. The third-order valence-corrected chi connectivity index (χ3v) is 9.39. The second kappa shape index (κ2) is 10.4. The number of nitrogens with one attached hydrogen (secondary N) is 1. The summed E-state index contributed by atoms with van der Waals surface area (Å²) >= 11 is 0. The molecule has 1 fully saturated rings. The van der Waals surface area contributed by atoms with Crippen LogP contribution in [0.1, 0.15) is 79.6 Å². The molecule has 3 aliphatic rings. The van der Waals surface area contributed by atoms with Gasteiger partial charge in [0, 0.05) is 22.4 Å². The minimum absolute atomic E-state index is 0.0436. The van der Waals surface area contributed by atoms with Gasteiger partial charge in [0.2, 0.25) is 5.91 Å². The maximum atomic E-state index is 14.9. The average Bonchev–Trinajstić information content (AvgIpc) is 3.44. The van der Waals surface area contributed by atoms with Crippen LogP contribution in [0.15, 0.2) is 72.8 Å². The van der Waals surface area contributed by atoms with Crippen LogP contribution in [-0.4, -0.2) is 29.6 Å². The minimum atomic E-state index is -1.27. The number of ketones is 2. The number of rotatable bonds is 7. The Hall–Kier alpha value is -3.99. The molecule has 1 spiro atoms. The van der Waals surface area contributed by atoms with Crippen molar-refractivity contribution in [1.29, 1.82) is 0 Å². The molecule has 3 aromatic carbocycles. The van der Waals surface area contributed by atoms with Crippen LogP contribution in [0.5, 0.6) is 0 Å². The van der Waals surface area contributed by atoms with E-state index in [2.05, 4.69) is 29.3 Å². The van der Waals surface area contributed by atoms with Gasteiger partial charge in [-0.2, -0.15) is 0 Å². The fraction of sp³-hybridized carbons (Fsp3) is 0.378. The summed E-state index contributed by atoms with van der Waals surface area (Å²) in [5, 5.41) is 3.11. The van der Waals surface area contributed by atoms with Crippen molar-refractivity contribution in [2.24, 2.45) is 11.3 Å². The first-order chi connectivity index (χ1) is 20.1. The first-order valence-corrected chi connectivity index (χ1v) is 15.2. The number of aryl methyl sites for hydroxylation is 2. The van der Waals surface area contributed by atoms with Crippen LogP contribution < -0.4 is 10.2 Å². The molecule has 5 nitrogen and oxygen atoms in total. The Morgan fingerprint density at radius 3 is 2.43 bits per heavy atom. The molecule has 4 atom stereocenters. The monoisotopic (exact) mass is 560 g/mol. The summed E-state index contributed by atoms with van der Waals surface area (Å²) in [5.41, 5.74) is 4.20. The van der Waals surface area contributed by atoms with E-state index in [0.29, 0.717) is 11.3 Å². The van der Waals surface area contributed by atoms with Gasteiger partial charge >= 0.3 is 0 Å². The van der Waals surface area contributed by atoms with E-state index in [1.165, 1.54) is 12.0 Å².